The molecule has 0 radical (unpaired) electrons. The molecule has 1 rings (SSSR count). The molecule has 0 saturated heterocycles. The quantitative estimate of drug-likeness (QED) is 0.687. The molecule has 1 nitrogen and oxygen atoms in total. The fraction of sp³-hybridized carbons (Fsp3) is 0.650. The van der Waals surface area contributed by atoms with Crippen LogP contribution in [-0.2, 0) is 23.7 Å². The maximum atomic E-state index is 12.1. The molecule has 0 N–H and O–H groups in total. The number of benzene rings is 1. The van der Waals surface area contributed by atoms with E-state index < -0.39 is 0 Å². The number of carbonyl (C=O) groups excluding carboxylic acids is 1. The summed E-state index contributed by atoms with van der Waals surface area (Å²) in [5.74, 6) is 0. The van der Waals surface area contributed by atoms with Gasteiger partial charge in [-0.2, -0.15) is 0 Å². The molecule has 0 fully saturated rings. The monoisotopic (exact) mass is 320 g/mol. The molecule has 0 aliphatic heterocycles. The number of rotatable bonds is 4. The van der Waals surface area contributed by atoms with Crippen LogP contribution in [0.25, 0.3) is 0 Å². The summed E-state index contributed by atoms with van der Waals surface area (Å²) >= 11 is 4.15. The molecule has 0 aliphatic carbocycles. The molecule has 22 heavy (non-hydrogen) atoms. The normalized spacial score (nSPS) is 12.6. The topological polar surface area (TPSA) is 17.1 Å². The third kappa shape index (κ3) is 3.95. The molecule has 2 heteroatoms. The summed E-state index contributed by atoms with van der Waals surface area (Å²) in [6.07, 6.45) is 2.94. The van der Waals surface area contributed by atoms with Crippen molar-refractivity contribution < 1.29 is 4.79 Å². The van der Waals surface area contributed by atoms with Crippen LogP contribution in [0.3, 0.4) is 0 Å². The minimum Gasteiger partial charge on any atom is -0.282 e. The Morgan fingerprint density at radius 3 is 1.86 bits per heavy atom. The first-order valence-corrected chi connectivity index (χ1v) is 8.82. The maximum absolute atomic E-state index is 12.1. The lowest BCUT2D eigenvalue weighted by Gasteiger charge is -2.34. The van der Waals surface area contributed by atoms with E-state index in [-0.39, 0.29) is 15.9 Å². The van der Waals surface area contributed by atoms with Crippen LogP contribution in [-0.4, -0.2) is 5.12 Å². The minimum atomic E-state index is -0.107. The fourth-order valence-corrected chi connectivity index (χ4v) is 3.54. The lowest BCUT2D eigenvalue weighted by Crippen LogP contribution is -2.26. The van der Waals surface area contributed by atoms with Gasteiger partial charge in [0, 0.05) is 5.56 Å². The van der Waals surface area contributed by atoms with Gasteiger partial charge in [-0.25, -0.2) is 0 Å². The van der Waals surface area contributed by atoms with Gasteiger partial charge in [-0.3, -0.25) is 4.79 Å². The summed E-state index contributed by atoms with van der Waals surface area (Å²) in [5.41, 5.74) is 6.16. The highest BCUT2D eigenvalue weighted by molar-refractivity contribution is 7.97. The third-order valence-electron chi connectivity index (χ3n) is 4.19. The zero-order chi connectivity index (χ0) is 17.3. The van der Waals surface area contributed by atoms with Gasteiger partial charge in [0.1, 0.15) is 0 Å². The van der Waals surface area contributed by atoms with E-state index in [0.717, 1.165) is 24.8 Å². The second-order valence-electron chi connectivity index (χ2n) is 8.21. The average molecular weight is 321 g/mol. The van der Waals surface area contributed by atoms with Crippen molar-refractivity contribution in [2.75, 3.05) is 0 Å². The number of thiol groups is 1. The van der Waals surface area contributed by atoms with Crippen molar-refractivity contribution >= 4 is 17.7 Å². The first-order valence-electron chi connectivity index (χ1n) is 8.38. The van der Waals surface area contributed by atoms with E-state index in [9.17, 15) is 4.79 Å². The van der Waals surface area contributed by atoms with E-state index in [2.05, 4.69) is 74.1 Å². The van der Waals surface area contributed by atoms with Crippen molar-refractivity contribution in [3.8, 4) is 0 Å². The molecule has 1 aromatic carbocycles. The molecule has 0 spiro atoms. The van der Waals surface area contributed by atoms with E-state index in [0.29, 0.717) is 0 Å². The molecular weight excluding hydrogens is 288 g/mol. The Labute approximate surface area is 142 Å². The second kappa shape index (κ2) is 6.78. The summed E-state index contributed by atoms with van der Waals surface area (Å²) in [7, 11) is 0. The van der Waals surface area contributed by atoms with E-state index in [1.54, 1.807) is 0 Å². The van der Waals surface area contributed by atoms with Crippen molar-refractivity contribution in [1.29, 1.82) is 0 Å². The van der Waals surface area contributed by atoms with Crippen molar-refractivity contribution in [3.63, 3.8) is 0 Å². The molecule has 0 unspecified atom stereocenters. The predicted octanol–water partition coefficient (Wildman–Crippen LogP) is 5.87. The molecule has 0 bridgehead atoms. The third-order valence-corrected chi connectivity index (χ3v) is 4.43. The van der Waals surface area contributed by atoms with Crippen molar-refractivity contribution in [2.24, 2.45) is 0 Å². The van der Waals surface area contributed by atoms with E-state index in [4.69, 9.17) is 0 Å². The smallest absolute Gasteiger partial charge is 0.216 e. The molecule has 0 heterocycles. The van der Waals surface area contributed by atoms with Crippen molar-refractivity contribution in [3.05, 3.63) is 33.9 Å². The van der Waals surface area contributed by atoms with Crippen molar-refractivity contribution in [1.82, 2.24) is 0 Å². The number of hydrogen-bond acceptors (Lipinski definition) is 1. The van der Waals surface area contributed by atoms with Crippen LogP contribution in [0.4, 0.5) is 0 Å². The fourth-order valence-electron chi connectivity index (χ4n) is 3.34. The Balaban J connectivity index is 3.94. The zero-order valence-corrected chi connectivity index (χ0v) is 16.4. The van der Waals surface area contributed by atoms with Crippen LogP contribution in [0, 0.1) is 0 Å². The first kappa shape index (κ1) is 19.3. The van der Waals surface area contributed by atoms with Gasteiger partial charge < -0.3 is 0 Å². The van der Waals surface area contributed by atoms with Gasteiger partial charge in [0.05, 0.1) is 0 Å². The molecule has 0 aromatic heterocycles. The zero-order valence-electron chi connectivity index (χ0n) is 15.6. The van der Waals surface area contributed by atoms with Gasteiger partial charge in [-0.05, 0) is 52.0 Å². The van der Waals surface area contributed by atoms with Gasteiger partial charge in [0.25, 0.3) is 0 Å². The number of carbonyl (C=O) groups is 1. The Morgan fingerprint density at radius 2 is 1.55 bits per heavy atom. The van der Waals surface area contributed by atoms with Gasteiger partial charge in [0.2, 0.25) is 5.12 Å². The largest absolute Gasteiger partial charge is 0.282 e. The minimum absolute atomic E-state index is 0.00918. The van der Waals surface area contributed by atoms with Gasteiger partial charge in [-0.1, -0.05) is 61.8 Å². The lowest BCUT2D eigenvalue weighted by molar-refractivity contribution is 0.109. The Bertz CT molecular complexity index is 557. The van der Waals surface area contributed by atoms with Gasteiger partial charge in [0.15, 0.2) is 0 Å². The highest BCUT2D eigenvalue weighted by Crippen LogP contribution is 2.40. The summed E-state index contributed by atoms with van der Waals surface area (Å²) in [5, 5.41) is -0.107. The van der Waals surface area contributed by atoms with Crippen LogP contribution in [0.15, 0.2) is 6.07 Å². The Morgan fingerprint density at radius 1 is 1.00 bits per heavy atom. The van der Waals surface area contributed by atoms with Crippen LogP contribution >= 0.6 is 12.6 Å². The molecule has 0 amide bonds. The highest BCUT2D eigenvalue weighted by atomic mass is 32.1. The molecule has 0 atom stereocenters. The van der Waals surface area contributed by atoms with Gasteiger partial charge >= 0.3 is 0 Å². The summed E-state index contributed by atoms with van der Waals surface area (Å²) in [6, 6.07) is 2.11. The Hall–Kier alpha value is -0.760. The molecule has 1 aromatic rings. The number of hydrogen-bond donors (Lipinski definition) is 1. The highest BCUT2D eigenvalue weighted by Gasteiger charge is 2.30. The lowest BCUT2D eigenvalue weighted by atomic mass is 9.70. The second-order valence-corrected chi connectivity index (χ2v) is 8.62. The van der Waals surface area contributed by atoms with E-state index in [1.165, 1.54) is 22.3 Å². The van der Waals surface area contributed by atoms with Crippen LogP contribution < -0.4 is 0 Å². The van der Waals surface area contributed by atoms with Crippen LogP contribution in [0.1, 0.15) is 94.4 Å². The van der Waals surface area contributed by atoms with Crippen LogP contribution in [0.2, 0.25) is 0 Å². The summed E-state index contributed by atoms with van der Waals surface area (Å²) < 4.78 is 0. The van der Waals surface area contributed by atoms with Crippen LogP contribution in [0.5, 0.6) is 0 Å². The summed E-state index contributed by atoms with van der Waals surface area (Å²) in [6.45, 7) is 17.9. The molecular formula is C20H32OS. The molecule has 0 saturated carbocycles. The van der Waals surface area contributed by atoms with Crippen molar-refractivity contribution in [2.45, 2.75) is 85.5 Å². The molecule has 124 valence electrons. The predicted molar refractivity (Wildman–Crippen MR) is 101 cm³/mol. The van der Waals surface area contributed by atoms with E-state index in [1.807, 2.05) is 0 Å². The molecule has 0 aliphatic rings. The van der Waals surface area contributed by atoms with E-state index >= 15 is 0 Å². The standard InChI is InChI=1S/C20H32OS/c1-9-11-14-13(10-2)17(20(6,7)8)16(19(3,4)5)12-15(14)18(21)22/h12H,9-11H2,1-8H3,(H,21,22). The maximum Gasteiger partial charge on any atom is 0.216 e. The van der Waals surface area contributed by atoms with Gasteiger partial charge in [-0.15, -0.1) is 12.6 Å². The Kier molecular flexibility index (Phi) is 5.94. The first-order chi connectivity index (χ1) is 9.95. The summed E-state index contributed by atoms with van der Waals surface area (Å²) in [4.78, 5) is 12.1. The SMILES string of the molecule is CCCc1c(C(=O)S)cc(C(C)(C)C)c(C(C)(C)C)c1CC. The average Bonchev–Trinajstić information content (AvgIpc) is 2.35.